The second kappa shape index (κ2) is 11.1. The van der Waals surface area contributed by atoms with Gasteiger partial charge in [0.25, 0.3) is 5.91 Å². The van der Waals surface area contributed by atoms with Gasteiger partial charge in [0.15, 0.2) is 0 Å². The highest BCUT2D eigenvalue weighted by Crippen LogP contribution is 2.22. The molecule has 3 rings (SSSR count). The van der Waals surface area contributed by atoms with Crippen molar-refractivity contribution in [2.75, 3.05) is 25.0 Å². The number of anilines is 1. The Kier molecular flexibility index (Phi) is 8.21. The Hall–Kier alpha value is -2.94. The number of rotatable bonds is 7. The van der Waals surface area contributed by atoms with Crippen molar-refractivity contribution < 1.29 is 19.1 Å². The third kappa shape index (κ3) is 6.06. The summed E-state index contributed by atoms with van der Waals surface area (Å²) in [7, 11) is 0. The first kappa shape index (κ1) is 23.7. The van der Waals surface area contributed by atoms with Gasteiger partial charge in [-0.2, -0.15) is 0 Å². The van der Waals surface area contributed by atoms with Crippen molar-refractivity contribution in [2.24, 2.45) is 5.92 Å². The lowest BCUT2D eigenvalue weighted by atomic mass is 9.98. The first-order chi connectivity index (χ1) is 15.4. The van der Waals surface area contributed by atoms with E-state index in [1.807, 2.05) is 44.2 Å². The minimum Gasteiger partial charge on any atom is -0.466 e. The van der Waals surface area contributed by atoms with Crippen LogP contribution in [-0.2, 0) is 16.1 Å². The van der Waals surface area contributed by atoms with Crippen molar-refractivity contribution in [3.8, 4) is 0 Å². The van der Waals surface area contributed by atoms with E-state index in [0.717, 1.165) is 18.5 Å². The molecular formula is C23H30N4O4S. The van der Waals surface area contributed by atoms with Gasteiger partial charge in [0, 0.05) is 30.2 Å². The van der Waals surface area contributed by atoms with E-state index in [1.165, 1.54) is 11.3 Å². The number of nitrogens with one attached hydrogen (secondary N) is 1. The van der Waals surface area contributed by atoms with E-state index in [2.05, 4.69) is 10.3 Å². The van der Waals surface area contributed by atoms with Crippen LogP contribution in [0.15, 0.2) is 35.7 Å². The molecule has 0 bridgehead atoms. The first-order valence-corrected chi connectivity index (χ1v) is 11.8. The number of hydrogen-bond acceptors (Lipinski definition) is 6. The standard InChI is InChI=1S/C23H30N4O4S/c1-4-31-22(29)17-9-8-12-26(13-17)21(28)19-15-32-20(25-19)14-27(16(2)3)23(30)24-18-10-6-5-7-11-18/h5-7,10-11,15-17H,4,8-9,12-14H2,1-3H3,(H,24,30). The fraction of sp³-hybridized carbons (Fsp3) is 0.478. The number of aromatic nitrogens is 1. The predicted molar refractivity (Wildman–Crippen MR) is 124 cm³/mol. The van der Waals surface area contributed by atoms with Gasteiger partial charge < -0.3 is 19.9 Å². The third-order valence-corrected chi connectivity index (χ3v) is 6.15. The number of benzene rings is 1. The van der Waals surface area contributed by atoms with E-state index in [1.54, 1.807) is 22.1 Å². The summed E-state index contributed by atoms with van der Waals surface area (Å²) in [6.45, 7) is 7.24. The summed E-state index contributed by atoms with van der Waals surface area (Å²) in [5.74, 6) is -0.726. The van der Waals surface area contributed by atoms with Crippen molar-refractivity contribution in [3.05, 3.63) is 46.4 Å². The molecule has 0 aliphatic carbocycles. The average molecular weight is 459 g/mol. The van der Waals surface area contributed by atoms with Crippen molar-refractivity contribution in [1.29, 1.82) is 0 Å². The Labute approximate surface area is 192 Å². The normalized spacial score (nSPS) is 16.0. The quantitative estimate of drug-likeness (QED) is 0.633. The molecule has 8 nitrogen and oxygen atoms in total. The summed E-state index contributed by atoms with van der Waals surface area (Å²) in [5.41, 5.74) is 1.07. The van der Waals surface area contributed by atoms with Crippen LogP contribution in [0.1, 0.15) is 49.1 Å². The fourth-order valence-electron chi connectivity index (χ4n) is 3.61. The Morgan fingerprint density at radius 2 is 2.03 bits per heavy atom. The van der Waals surface area contributed by atoms with Crippen LogP contribution in [0, 0.1) is 5.92 Å². The lowest BCUT2D eigenvalue weighted by molar-refractivity contribution is -0.149. The van der Waals surface area contributed by atoms with Crippen LogP contribution in [0.3, 0.4) is 0 Å². The zero-order valence-electron chi connectivity index (χ0n) is 18.7. The molecule has 0 spiro atoms. The van der Waals surface area contributed by atoms with Gasteiger partial charge in [-0.15, -0.1) is 11.3 Å². The smallest absolute Gasteiger partial charge is 0.322 e. The van der Waals surface area contributed by atoms with Crippen LogP contribution < -0.4 is 5.32 Å². The highest BCUT2D eigenvalue weighted by Gasteiger charge is 2.31. The number of amides is 3. The summed E-state index contributed by atoms with van der Waals surface area (Å²) in [4.78, 5) is 45.6. The number of piperidine rings is 1. The van der Waals surface area contributed by atoms with Crippen molar-refractivity contribution in [2.45, 2.75) is 46.2 Å². The monoisotopic (exact) mass is 458 g/mol. The van der Waals surface area contributed by atoms with Gasteiger partial charge in [0.2, 0.25) is 0 Å². The number of nitrogens with zero attached hydrogens (tertiary/aromatic N) is 3. The summed E-state index contributed by atoms with van der Waals surface area (Å²) in [5, 5.41) is 5.30. The molecule has 1 aliphatic heterocycles. The molecule has 1 unspecified atom stereocenters. The van der Waals surface area contributed by atoms with E-state index >= 15 is 0 Å². The second-order valence-corrected chi connectivity index (χ2v) is 8.93. The summed E-state index contributed by atoms with van der Waals surface area (Å²) < 4.78 is 5.12. The molecule has 1 N–H and O–H groups in total. The number of thiazole rings is 1. The Morgan fingerprint density at radius 3 is 2.72 bits per heavy atom. The topological polar surface area (TPSA) is 91.8 Å². The lowest BCUT2D eigenvalue weighted by Crippen LogP contribution is -2.43. The number of hydrogen-bond donors (Lipinski definition) is 1. The molecule has 1 aromatic carbocycles. The number of carbonyl (C=O) groups excluding carboxylic acids is 3. The molecule has 172 valence electrons. The summed E-state index contributed by atoms with van der Waals surface area (Å²) >= 11 is 1.35. The van der Waals surface area contributed by atoms with Crippen molar-refractivity contribution in [1.82, 2.24) is 14.8 Å². The number of ether oxygens (including phenoxy) is 1. The van der Waals surface area contributed by atoms with Crippen LogP contribution in [-0.4, -0.2) is 58.4 Å². The Bertz CT molecular complexity index is 931. The molecule has 2 aromatic rings. The van der Waals surface area contributed by atoms with Gasteiger partial charge in [-0.1, -0.05) is 18.2 Å². The molecule has 1 aliphatic rings. The van der Waals surface area contributed by atoms with Crippen molar-refractivity contribution in [3.63, 3.8) is 0 Å². The molecule has 0 radical (unpaired) electrons. The van der Waals surface area contributed by atoms with Gasteiger partial charge in [-0.25, -0.2) is 9.78 Å². The van der Waals surface area contributed by atoms with E-state index in [9.17, 15) is 14.4 Å². The zero-order valence-corrected chi connectivity index (χ0v) is 19.6. The van der Waals surface area contributed by atoms with Crippen LogP contribution in [0.2, 0.25) is 0 Å². The van der Waals surface area contributed by atoms with E-state index in [-0.39, 0.29) is 29.9 Å². The average Bonchev–Trinajstić information content (AvgIpc) is 3.26. The van der Waals surface area contributed by atoms with Gasteiger partial charge >= 0.3 is 12.0 Å². The zero-order chi connectivity index (χ0) is 23.1. The van der Waals surface area contributed by atoms with Gasteiger partial charge in [-0.05, 0) is 45.7 Å². The predicted octanol–water partition coefficient (Wildman–Crippen LogP) is 4.00. The lowest BCUT2D eigenvalue weighted by Gasteiger charge is -2.31. The SMILES string of the molecule is CCOC(=O)C1CCCN(C(=O)c2csc(CN(C(=O)Nc3ccccc3)C(C)C)n2)C1. The minimum absolute atomic E-state index is 0.0470. The molecule has 3 amide bonds. The Balaban J connectivity index is 1.64. The van der Waals surface area contributed by atoms with E-state index < -0.39 is 0 Å². The number of carbonyl (C=O) groups is 3. The maximum absolute atomic E-state index is 13.0. The number of likely N-dealkylation sites (tertiary alicyclic amines) is 1. The van der Waals surface area contributed by atoms with Crippen LogP contribution in [0.5, 0.6) is 0 Å². The van der Waals surface area contributed by atoms with Crippen LogP contribution >= 0.6 is 11.3 Å². The molecule has 1 aromatic heterocycles. The van der Waals surface area contributed by atoms with E-state index in [4.69, 9.17) is 4.74 Å². The van der Waals surface area contributed by atoms with Gasteiger partial charge in [0.05, 0.1) is 19.1 Å². The molecule has 9 heteroatoms. The highest BCUT2D eigenvalue weighted by molar-refractivity contribution is 7.09. The highest BCUT2D eigenvalue weighted by atomic mass is 32.1. The van der Waals surface area contributed by atoms with E-state index in [0.29, 0.717) is 36.9 Å². The van der Waals surface area contributed by atoms with Gasteiger partial charge in [0.1, 0.15) is 10.7 Å². The molecule has 1 atom stereocenters. The molecule has 2 heterocycles. The summed E-state index contributed by atoms with van der Waals surface area (Å²) in [6.07, 6.45) is 1.48. The number of para-hydroxylation sites is 1. The molecule has 1 saturated heterocycles. The largest absolute Gasteiger partial charge is 0.466 e. The first-order valence-electron chi connectivity index (χ1n) is 10.9. The minimum atomic E-state index is -0.288. The Morgan fingerprint density at radius 1 is 1.28 bits per heavy atom. The summed E-state index contributed by atoms with van der Waals surface area (Å²) in [6, 6.07) is 9.01. The van der Waals surface area contributed by atoms with Crippen LogP contribution in [0.4, 0.5) is 10.5 Å². The van der Waals surface area contributed by atoms with Gasteiger partial charge in [-0.3, -0.25) is 9.59 Å². The molecule has 0 saturated carbocycles. The molecular weight excluding hydrogens is 428 g/mol. The number of urea groups is 1. The molecule has 32 heavy (non-hydrogen) atoms. The second-order valence-electron chi connectivity index (χ2n) is 7.99. The van der Waals surface area contributed by atoms with Crippen LogP contribution in [0.25, 0.3) is 0 Å². The fourth-order valence-corrected chi connectivity index (χ4v) is 4.38. The number of esters is 1. The third-order valence-electron chi connectivity index (χ3n) is 5.31. The maximum Gasteiger partial charge on any atom is 0.322 e. The maximum atomic E-state index is 13.0. The molecule has 1 fully saturated rings. The van der Waals surface area contributed by atoms with Crippen molar-refractivity contribution >= 4 is 34.9 Å².